The fourth-order valence-corrected chi connectivity index (χ4v) is 3.42. The van der Waals surface area contributed by atoms with Gasteiger partial charge in [-0.25, -0.2) is 9.67 Å². The molecule has 0 saturated carbocycles. The van der Waals surface area contributed by atoms with Gasteiger partial charge in [-0.05, 0) is 38.5 Å². The quantitative estimate of drug-likeness (QED) is 0.616. The summed E-state index contributed by atoms with van der Waals surface area (Å²) in [6.07, 6.45) is 1.66. The van der Waals surface area contributed by atoms with E-state index in [2.05, 4.69) is 15.4 Å². The number of esters is 1. The van der Waals surface area contributed by atoms with Crippen molar-refractivity contribution >= 4 is 34.5 Å². The van der Waals surface area contributed by atoms with Gasteiger partial charge in [0.1, 0.15) is 0 Å². The molecule has 1 atom stereocenters. The molecule has 0 aliphatic rings. The number of carbonyl (C=O) groups excluding carboxylic acids is 2. The van der Waals surface area contributed by atoms with Crippen LogP contribution in [0.15, 0.2) is 36.5 Å². The van der Waals surface area contributed by atoms with E-state index in [-0.39, 0.29) is 18.4 Å². The number of carbonyl (C=O) groups is 2. The van der Waals surface area contributed by atoms with Crippen molar-refractivity contribution in [1.82, 2.24) is 20.1 Å². The molecule has 7 nitrogen and oxygen atoms in total. The first-order valence-electron chi connectivity index (χ1n) is 9.28. The largest absolute Gasteiger partial charge is 0.469 e. The molecule has 1 amide bonds. The van der Waals surface area contributed by atoms with Crippen LogP contribution < -0.4 is 5.32 Å². The number of benzene rings is 1. The highest BCUT2D eigenvalue weighted by Crippen LogP contribution is 2.26. The van der Waals surface area contributed by atoms with Gasteiger partial charge in [0.25, 0.3) is 5.91 Å². The number of pyridine rings is 1. The Morgan fingerprint density at radius 1 is 1.28 bits per heavy atom. The summed E-state index contributed by atoms with van der Waals surface area (Å²) < 4.78 is 6.59. The van der Waals surface area contributed by atoms with Gasteiger partial charge in [-0.3, -0.25) is 9.59 Å². The second-order valence-electron chi connectivity index (χ2n) is 7.04. The van der Waals surface area contributed by atoms with E-state index in [1.165, 1.54) is 7.11 Å². The summed E-state index contributed by atoms with van der Waals surface area (Å²) in [5.41, 5.74) is 2.37. The maximum Gasteiger partial charge on any atom is 0.307 e. The van der Waals surface area contributed by atoms with Crippen molar-refractivity contribution < 1.29 is 14.3 Å². The Bertz CT molecular complexity index is 1060. The zero-order valence-electron chi connectivity index (χ0n) is 16.8. The van der Waals surface area contributed by atoms with E-state index in [9.17, 15) is 9.59 Å². The van der Waals surface area contributed by atoms with Crippen molar-refractivity contribution in [2.75, 3.05) is 7.11 Å². The lowest BCUT2D eigenvalue weighted by Gasteiger charge is -2.20. The van der Waals surface area contributed by atoms with E-state index in [1.54, 1.807) is 43.5 Å². The van der Waals surface area contributed by atoms with Crippen LogP contribution >= 0.6 is 11.6 Å². The number of aromatic nitrogens is 3. The average molecular weight is 415 g/mol. The molecule has 29 heavy (non-hydrogen) atoms. The van der Waals surface area contributed by atoms with Crippen LogP contribution in [-0.2, 0) is 9.53 Å². The van der Waals surface area contributed by atoms with Gasteiger partial charge in [-0.2, -0.15) is 5.10 Å². The minimum Gasteiger partial charge on any atom is -0.469 e. The molecule has 0 spiro atoms. The summed E-state index contributed by atoms with van der Waals surface area (Å²) in [6.45, 7) is 5.81. The number of nitrogens with zero attached hydrogens (tertiary/aromatic N) is 3. The molecule has 152 valence electrons. The molecule has 0 aliphatic carbocycles. The Labute approximate surface area is 174 Å². The fraction of sp³-hybridized carbons (Fsp3) is 0.333. The lowest BCUT2D eigenvalue weighted by molar-refractivity contribution is -0.141. The number of hydrogen-bond acceptors (Lipinski definition) is 5. The summed E-state index contributed by atoms with van der Waals surface area (Å²) in [4.78, 5) is 29.5. The second kappa shape index (κ2) is 8.61. The summed E-state index contributed by atoms with van der Waals surface area (Å²) >= 11 is 6.29. The molecule has 1 unspecified atom stereocenters. The molecule has 0 radical (unpaired) electrons. The third-order valence-electron chi connectivity index (χ3n) is 4.68. The third kappa shape index (κ3) is 4.40. The highest BCUT2D eigenvalue weighted by atomic mass is 35.5. The van der Waals surface area contributed by atoms with Crippen LogP contribution in [0.1, 0.15) is 54.0 Å². The van der Waals surface area contributed by atoms with Crippen molar-refractivity contribution in [2.45, 2.75) is 39.3 Å². The van der Waals surface area contributed by atoms with Crippen molar-refractivity contribution in [3.63, 3.8) is 0 Å². The Morgan fingerprint density at radius 3 is 2.66 bits per heavy atom. The fourth-order valence-electron chi connectivity index (χ4n) is 3.16. The highest BCUT2D eigenvalue weighted by Gasteiger charge is 2.23. The normalized spacial score (nSPS) is 12.2. The van der Waals surface area contributed by atoms with Crippen molar-refractivity contribution in [3.05, 3.63) is 58.4 Å². The van der Waals surface area contributed by atoms with Gasteiger partial charge in [0, 0.05) is 16.5 Å². The SMILES string of the molecule is COC(=O)CC(NC(=O)c1cc2cnn(C(C)C)c2nc1C)c1ccccc1Cl. The first-order valence-corrected chi connectivity index (χ1v) is 9.66. The first-order chi connectivity index (χ1) is 13.8. The lowest BCUT2D eigenvalue weighted by Crippen LogP contribution is -2.31. The number of ether oxygens (including phenoxy) is 1. The van der Waals surface area contributed by atoms with Crippen LogP contribution in [-0.4, -0.2) is 33.8 Å². The number of fused-ring (bicyclic) bond motifs is 1. The number of methoxy groups -OCH3 is 1. The van der Waals surface area contributed by atoms with Gasteiger partial charge in [0.05, 0.1) is 37.0 Å². The highest BCUT2D eigenvalue weighted by molar-refractivity contribution is 6.31. The molecule has 1 N–H and O–H groups in total. The van der Waals surface area contributed by atoms with E-state index >= 15 is 0 Å². The van der Waals surface area contributed by atoms with Gasteiger partial charge >= 0.3 is 5.97 Å². The first kappa shape index (κ1) is 20.8. The summed E-state index contributed by atoms with van der Waals surface area (Å²) in [5, 5.41) is 8.49. The van der Waals surface area contributed by atoms with E-state index in [1.807, 2.05) is 18.5 Å². The third-order valence-corrected chi connectivity index (χ3v) is 5.02. The Morgan fingerprint density at radius 2 is 2.00 bits per heavy atom. The Balaban J connectivity index is 1.94. The van der Waals surface area contributed by atoms with E-state index in [4.69, 9.17) is 16.3 Å². The Hall–Kier alpha value is -2.93. The smallest absolute Gasteiger partial charge is 0.307 e. The topological polar surface area (TPSA) is 86.1 Å². The molecule has 0 fully saturated rings. The number of amides is 1. The lowest BCUT2D eigenvalue weighted by atomic mass is 10.0. The summed E-state index contributed by atoms with van der Waals surface area (Å²) in [5.74, 6) is -0.790. The molecule has 0 saturated heterocycles. The number of hydrogen-bond donors (Lipinski definition) is 1. The van der Waals surface area contributed by atoms with E-state index < -0.39 is 12.0 Å². The summed E-state index contributed by atoms with van der Waals surface area (Å²) in [7, 11) is 1.31. The molecule has 2 heterocycles. The van der Waals surface area contributed by atoms with E-state index in [0.717, 1.165) is 11.0 Å². The van der Waals surface area contributed by atoms with Crippen LogP contribution in [0.5, 0.6) is 0 Å². The van der Waals surface area contributed by atoms with Gasteiger partial charge in [-0.1, -0.05) is 29.8 Å². The van der Waals surface area contributed by atoms with Crippen molar-refractivity contribution in [3.8, 4) is 0 Å². The zero-order valence-corrected chi connectivity index (χ0v) is 17.5. The Kier molecular flexibility index (Phi) is 6.17. The number of nitrogens with one attached hydrogen (secondary N) is 1. The van der Waals surface area contributed by atoms with Gasteiger partial charge < -0.3 is 10.1 Å². The van der Waals surface area contributed by atoms with Crippen molar-refractivity contribution in [1.29, 1.82) is 0 Å². The number of aryl methyl sites for hydroxylation is 1. The van der Waals surface area contributed by atoms with Gasteiger partial charge in [0.15, 0.2) is 5.65 Å². The predicted molar refractivity (Wildman–Crippen MR) is 111 cm³/mol. The van der Waals surface area contributed by atoms with Crippen LogP contribution in [0.4, 0.5) is 0 Å². The zero-order chi connectivity index (χ0) is 21.1. The van der Waals surface area contributed by atoms with E-state index in [0.29, 0.717) is 21.8 Å². The molecule has 1 aromatic carbocycles. The molecule has 2 aromatic heterocycles. The molecule has 0 bridgehead atoms. The van der Waals surface area contributed by atoms with Crippen LogP contribution in [0, 0.1) is 6.92 Å². The summed E-state index contributed by atoms with van der Waals surface area (Å²) in [6, 6.07) is 8.37. The van der Waals surface area contributed by atoms with Crippen molar-refractivity contribution in [2.24, 2.45) is 0 Å². The minimum atomic E-state index is -0.628. The second-order valence-corrected chi connectivity index (χ2v) is 7.45. The van der Waals surface area contributed by atoms with Gasteiger partial charge in [0.2, 0.25) is 0 Å². The van der Waals surface area contributed by atoms with Crippen LogP contribution in [0.2, 0.25) is 5.02 Å². The molecule has 3 aromatic rings. The standard InChI is InChI=1S/C21H23ClN4O3/c1-12(2)26-20-14(11-23-26)9-16(13(3)24-20)21(28)25-18(10-19(27)29-4)15-7-5-6-8-17(15)22/h5-9,11-12,18H,10H2,1-4H3,(H,25,28). The number of rotatable bonds is 6. The average Bonchev–Trinajstić information content (AvgIpc) is 3.10. The van der Waals surface area contributed by atoms with Gasteiger partial charge in [-0.15, -0.1) is 0 Å². The molecular formula is C21H23ClN4O3. The molecular weight excluding hydrogens is 392 g/mol. The predicted octanol–water partition coefficient (Wildman–Crippen LogP) is 4.01. The van der Waals surface area contributed by atoms with Crippen LogP contribution in [0.25, 0.3) is 11.0 Å². The maximum absolute atomic E-state index is 13.0. The molecule has 8 heteroatoms. The molecule has 3 rings (SSSR count). The minimum absolute atomic E-state index is 0.0357. The monoisotopic (exact) mass is 414 g/mol. The molecule has 0 aliphatic heterocycles. The maximum atomic E-state index is 13.0. The van der Waals surface area contributed by atoms with Crippen LogP contribution in [0.3, 0.4) is 0 Å². The number of halogens is 1.